The number of nitrogens with zero attached hydrogens (tertiary/aromatic N) is 1. The van der Waals surface area contributed by atoms with Crippen molar-refractivity contribution in [3.8, 4) is 0 Å². The van der Waals surface area contributed by atoms with E-state index in [-0.39, 0.29) is 0 Å². The molecule has 98 valence electrons. The monoisotopic (exact) mass is 256 g/mol. The van der Waals surface area contributed by atoms with Gasteiger partial charge in [-0.2, -0.15) is 11.8 Å². The first kappa shape index (κ1) is 14.6. The van der Waals surface area contributed by atoms with Crippen LogP contribution >= 0.6 is 11.8 Å². The van der Waals surface area contributed by atoms with Crippen molar-refractivity contribution in [2.24, 2.45) is 0 Å². The second-order valence-electron chi connectivity index (χ2n) is 4.37. The minimum Gasteiger partial charge on any atom is -0.463 e. The Morgan fingerprint density at radius 2 is 2.12 bits per heavy atom. The van der Waals surface area contributed by atoms with Crippen LogP contribution in [0.4, 0.5) is 0 Å². The molecule has 17 heavy (non-hydrogen) atoms. The van der Waals surface area contributed by atoms with Crippen LogP contribution in [0.3, 0.4) is 0 Å². The maximum atomic E-state index is 5.77. The fourth-order valence-electron chi connectivity index (χ4n) is 1.62. The topological polar surface area (TPSA) is 28.4 Å². The molecule has 0 saturated carbocycles. The molecule has 0 bridgehead atoms. The summed E-state index contributed by atoms with van der Waals surface area (Å²) in [5.74, 6) is 3.22. The Hall–Kier alpha value is -0.450. The van der Waals surface area contributed by atoms with E-state index in [2.05, 4.69) is 49.5 Å². The SMILES string of the molecule is CCNCc1ccc(CN(C)C(C)CSC)o1. The highest BCUT2D eigenvalue weighted by Gasteiger charge is 2.11. The lowest BCUT2D eigenvalue weighted by atomic mass is 10.3. The molecular weight excluding hydrogens is 232 g/mol. The Morgan fingerprint density at radius 3 is 2.76 bits per heavy atom. The number of rotatable bonds is 8. The summed E-state index contributed by atoms with van der Waals surface area (Å²) in [6.07, 6.45) is 2.14. The molecule has 0 aliphatic heterocycles. The molecule has 0 fully saturated rings. The zero-order chi connectivity index (χ0) is 12.7. The van der Waals surface area contributed by atoms with Crippen LogP contribution in [-0.4, -0.2) is 36.5 Å². The van der Waals surface area contributed by atoms with Crippen LogP contribution in [0, 0.1) is 0 Å². The Kier molecular flexibility index (Phi) is 6.70. The van der Waals surface area contributed by atoms with Crippen LogP contribution in [-0.2, 0) is 13.1 Å². The number of hydrogen-bond acceptors (Lipinski definition) is 4. The fraction of sp³-hybridized carbons (Fsp3) is 0.692. The molecule has 1 heterocycles. The number of furan rings is 1. The third-order valence-electron chi connectivity index (χ3n) is 2.83. The van der Waals surface area contributed by atoms with Gasteiger partial charge in [0.15, 0.2) is 0 Å². The van der Waals surface area contributed by atoms with Crippen LogP contribution in [0.15, 0.2) is 16.5 Å². The van der Waals surface area contributed by atoms with Crippen LogP contribution < -0.4 is 5.32 Å². The normalized spacial score (nSPS) is 13.2. The van der Waals surface area contributed by atoms with Crippen molar-refractivity contribution >= 4 is 11.8 Å². The van der Waals surface area contributed by atoms with Gasteiger partial charge in [-0.1, -0.05) is 6.92 Å². The second-order valence-corrected chi connectivity index (χ2v) is 5.28. The van der Waals surface area contributed by atoms with Gasteiger partial charge in [-0.05, 0) is 38.9 Å². The van der Waals surface area contributed by atoms with Gasteiger partial charge in [-0.3, -0.25) is 4.90 Å². The lowest BCUT2D eigenvalue weighted by molar-refractivity contribution is 0.244. The lowest BCUT2D eigenvalue weighted by Crippen LogP contribution is -2.30. The maximum Gasteiger partial charge on any atom is 0.118 e. The van der Waals surface area contributed by atoms with E-state index in [0.717, 1.165) is 36.9 Å². The van der Waals surface area contributed by atoms with Crippen molar-refractivity contribution < 1.29 is 4.42 Å². The van der Waals surface area contributed by atoms with E-state index in [1.54, 1.807) is 0 Å². The molecule has 0 aromatic carbocycles. The van der Waals surface area contributed by atoms with Crippen molar-refractivity contribution in [2.45, 2.75) is 33.0 Å². The van der Waals surface area contributed by atoms with E-state index in [1.807, 2.05) is 11.8 Å². The Bertz CT molecular complexity index is 314. The first-order valence-electron chi connectivity index (χ1n) is 6.14. The summed E-state index contributed by atoms with van der Waals surface area (Å²) in [5.41, 5.74) is 0. The first-order valence-corrected chi connectivity index (χ1v) is 7.54. The van der Waals surface area contributed by atoms with Gasteiger partial charge in [-0.15, -0.1) is 0 Å². The van der Waals surface area contributed by atoms with E-state index in [0.29, 0.717) is 6.04 Å². The summed E-state index contributed by atoms with van der Waals surface area (Å²) in [6, 6.07) is 4.72. The van der Waals surface area contributed by atoms with Crippen LogP contribution in [0.25, 0.3) is 0 Å². The van der Waals surface area contributed by atoms with Crippen LogP contribution in [0.2, 0.25) is 0 Å². The van der Waals surface area contributed by atoms with E-state index in [1.165, 1.54) is 0 Å². The molecule has 1 N–H and O–H groups in total. The Balaban J connectivity index is 2.42. The predicted molar refractivity (Wildman–Crippen MR) is 75.4 cm³/mol. The molecular formula is C13H24N2OS. The molecule has 0 saturated heterocycles. The van der Waals surface area contributed by atoms with Gasteiger partial charge in [0.05, 0.1) is 13.1 Å². The van der Waals surface area contributed by atoms with Crippen LogP contribution in [0.5, 0.6) is 0 Å². The van der Waals surface area contributed by atoms with Crippen molar-refractivity contribution in [1.82, 2.24) is 10.2 Å². The molecule has 1 atom stereocenters. The lowest BCUT2D eigenvalue weighted by Gasteiger charge is -2.22. The van der Waals surface area contributed by atoms with Crippen molar-refractivity contribution in [3.63, 3.8) is 0 Å². The molecule has 1 aromatic rings. The quantitative estimate of drug-likeness (QED) is 0.774. The summed E-state index contributed by atoms with van der Waals surface area (Å²) in [5, 5.41) is 3.26. The molecule has 1 rings (SSSR count). The summed E-state index contributed by atoms with van der Waals surface area (Å²) in [4.78, 5) is 2.33. The Labute approximate surface area is 109 Å². The largest absolute Gasteiger partial charge is 0.463 e. The highest BCUT2D eigenvalue weighted by atomic mass is 32.2. The van der Waals surface area contributed by atoms with Crippen molar-refractivity contribution in [2.75, 3.05) is 25.6 Å². The molecule has 1 aromatic heterocycles. The van der Waals surface area contributed by atoms with Gasteiger partial charge in [-0.25, -0.2) is 0 Å². The third kappa shape index (κ3) is 5.15. The minimum absolute atomic E-state index is 0.576. The average molecular weight is 256 g/mol. The molecule has 1 unspecified atom stereocenters. The molecule has 3 nitrogen and oxygen atoms in total. The molecule has 4 heteroatoms. The maximum absolute atomic E-state index is 5.77. The van der Waals surface area contributed by atoms with Gasteiger partial charge in [0.1, 0.15) is 11.5 Å². The number of hydrogen-bond donors (Lipinski definition) is 1. The predicted octanol–water partition coefficient (Wildman–Crippen LogP) is 2.57. The summed E-state index contributed by atoms with van der Waals surface area (Å²) < 4.78 is 5.77. The zero-order valence-corrected chi connectivity index (χ0v) is 12.1. The average Bonchev–Trinajstić information content (AvgIpc) is 2.74. The molecule has 0 aliphatic rings. The van der Waals surface area contributed by atoms with Crippen molar-refractivity contribution in [3.05, 3.63) is 23.7 Å². The van der Waals surface area contributed by atoms with E-state index in [4.69, 9.17) is 4.42 Å². The van der Waals surface area contributed by atoms with Gasteiger partial charge >= 0.3 is 0 Å². The molecule has 0 radical (unpaired) electrons. The first-order chi connectivity index (χ1) is 8.17. The van der Waals surface area contributed by atoms with Gasteiger partial charge < -0.3 is 9.73 Å². The minimum atomic E-state index is 0.576. The Morgan fingerprint density at radius 1 is 1.41 bits per heavy atom. The fourth-order valence-corrected chi connectivity index (χ4v) is 2.36. The van der Waals surface area contributed by atoms with Crippen LogP contribution in [0.1, 0.15) is 25.4 Å². The molecule has 0 amide bonds. The summed E-state index contributed by atoms with van der Waals surface area (Å²) in [6.45, 7) is 7.02. The molecule has 0 spiro atoms. The standard InChI is InChI=1S/C13H24N2OS/c1-5-14-8-12-6-7-13(16-12)9-15(3)11(2)10-17-4/h6-7,11,14H,5,8-10H2,1-4H3. The number of nitrogens with one attached hydrogen (secondary N) is 1. The van der Waals surface area contributed by atoms with Gasteiger partial charge in [0.2, 0.25) is 0 Å². The summed E-state index contributed by atoms with van der Waals surface area (Å²) in [7, 11) is 2.15. The second kappa shape index (κ2) is 7.80. The van der Waals surface area contributed by atoms with E-state index >= 15 is 0 Å². The zero-order valence-electron chi connectivity index (χ0n) is 11.3. The number of thioether (sulfide) groups is 1. The molecule has 0 aliphatic carbocycles. The van der Waals surface area contributed by atoms with E-state index < -0.39 is 0 Å². The van der Waals surface area contributed by atoms with E-state index in [9.17, 15) is 0 Å². The third-order valence-corrected chi connectivity index (χ3v) is 3.65. The van der Waals surface area contributed by atoms with Crippen molar-refractivity contribution in [1.29, 1.82) is 0 Å². The smallest absolute Gasteiger partial charge is 0.118 e. The van der Waals surface area contributed by atoms with Gasteiger partial charge in [0.25, 0.3) is 0 Å². The summed E-state index contributed by atoms with van der Waals surface area (Å²) >= 11 is 1.88. The van der Waals surface area contributed by atoms with Gasteiger partial charge in [0, 0.05) is 11.8 Å². The highest BCUT2D eigenvalue weighted by molar-refractivity contribution is 7.98. The highest BCUT2D eigenvalue weighted by Crippen LogP contribution is 2.12.